The second-order valence-corrected chi connectivity index (χ2v) is 6.87. The minimum atomic E-state index is 0.152. The standard InChI is InChI=1S/C4H9.C4H7.Mg/c1-4(2)3;1-3-4-2;/h1-3H3;3-4H,1H2,2H3;/b;4-3+;. The molecule has 0 aliphatic carbocycles. The lowest BCUT2D eigenvalue weighted by atomic mass is 10.2. The van der Waals surface area contributed by atoms with Gasteiger partial charge in [-0.3, -0.25) is 0 Å². The number of allylic oxidation sites excluding steroid dienone is 2. The van der Waals surface area contributed by atoms with E-state index in [0.717, 1.165) is 0 Å². The zero-order valence-corrected chi connectivity index (χ0v) is 8.48. The first kappa shape index (κ1) is 9.51. The van der Waals surface area contributed by atoms with Gasteiger partial charge in [-0.1, -0.05) is 26.8 Å². The van der Waals surface area contributed by atoms with E-state index in [4.69, 9.17) is 0 Å². The topological polar surface area (TPSA) is 0 Å². The minimum absolute atomic E-state index is 0.152. The van der Waals surface area contributed by atoms with Crippen molar-refractivity contribution < 1.29 is 0 Å². The fourth-order valence-electron chi connectivity index (χ4n) is 0.683. The fourth-order valence-corrected chi connectivity index (χ4v) is 2.05. The Morgan fingerprint density at radius 1 is 1.33 bits per heavy atom. The number of hydrogen-bond donors (Lipinski definition) is 0. The summed E-state index contributed by atoms with van der Waals surface area (Å²) in [6, 6.07) is 0. The molecular formula is C8H16Mg. The summed E-state index contributed by atoms with van der Waals surface area (Å²) in [6.45, 7) is 9.10. The highest BCUT2D eigenvalue weighted by atomic mass is 24.5. The molecule has 50 valence electrons. The SMILES string of the molecule is C/C=C/[CH2][Mg][C](C)(C)C. The van der Waals surface area contributed by atoms with Crippen molar-refractivity contribution in [2.45, 2.75) is 35.8 Å². The normalized spacial score (nSPS) is 12.0. The lowest BCUT2D eigenvalue weighted by Gasteiger charge is -2.14. The van der Waals surface area contributed by atoms with Gasteiger partial charge >= 0.3 is 20.4 Å². The Hall–Kier alpha value is 0.506. The highest BCUT2D eigenvalue weighted by Gasteiger charge is 2.11. The van der Waals surface area contributed by atoms with Gasteiger partial charge in [-0.15, -0.1) is 14.2 Å². The highest BCUT2D eigenvalue weighted by molar-refractivity contribution is 6.40. The average Bonchev–Trinajstić information content (AvgIpc) is 1.63. The predicted molar refractivity (Wildman–Crippen MR) is 45.1 cm³/mol. The predicted octanol–water partition coefficient (Wildman–Crippen LogP) is 2.90. The van der Waals surface area contributed by atoms with Crippen molar-refractivity contribution in [2.75, 3.05) is 0 Å². The highest BCUT2D eigenvalue weighted by Crippen LogP contribution is 2.21. The molecule has 0 rings (SSSR count). The first-order chi connectivity index (χ1) is 4.06. The molecule has 0 heterocycles. The largest absolute Gasteiger partial charge is 0.378 e. The van der Waals surface area contributed by atoms with Crippen LogP contribution in [-0.2, 0) is 0 Å². The van der Waals surface area contributed by atoms with Crippen molar-refractivity contribution in [1.29, 1.82) is 0 Å². The first-order valence-electron chi connectivity index (χ1n) is 3.67. The third-order valence-electron chi connectivity index (χ3n) is 1.30. The van der Waals surface area contributed by atoms with E-state index in [1.807, 2.05) is 0 Å². The van der Waals surface area contributed by atoms with Crippen LogP contribution >= 0.6 is 0 Å². The molecule has 0 fully saturated rings. The maximum atomic E-state index is 2.34. The Labute approximate surface area is 68.4 Å². The molecule has 0 atom stereocenters. The molecule has 0 nitrogen and oxygen atoms in total. The molecule has 0 aromatic carbocycles. The van der Waals surface area contributed by atoms with Gasteiger partial charge in [0.2, 0.25) is 0 Å². The van der Waals surface area contributed by atoms with Gasteiger partial charge in [0.05, 0.1) is 0 Å². The lowest BCUT2D eigenvalue weighted by molar-refractivity contribution is 0.752. The third-order valence-corrected chi connectivity index (χ3v) is 3.42. The lowest BCUT2D eigenvalue weighted by Crippen LogP contribution is -2.05. The third kappa shape index (κ3) is 8.51. The molecule has 0 saturated heterocycles. The van der Waals surface area contributed by atoms with Gasteiger partial charge in [-0.2, -0.15) is 0 Å². The molecule has 0 aromatic rings. The molecule has 1 heteroatoms. The molecule has 0 spiro atoms. The van der Waals surface area contributed by atoms with Crippen molar-refractivity contribution in [3.63, 3.8) is 0 Å². The van der Waals surface area contributed by atoms with Crippen molar-refractivity contribution in [1.82, 2.24) is 0 Å². The molecule has 0 N–H and O–H groups in total. The summed E-state index contributed by atoms with van der Waals surface area (Å²) < 4.78 is 2.00. The molecule has 0 aromatic heterocycles. The van der Waals surface area contributed by atoms with Crippen LogP contribution in [0, 0.1) is 0 Å². The smallest absolute Gasteiger partial charge is 0.132 e. The summed E-state index contributed by atoms with van der Waals surface area (Å²) in [4.78, 5) is 0. The van der Waals surface area contributed by atoms with Crippen LogP contribution in [0.4, 0.5) is 0 Å². The monoisotopic (exact) mass is 136 g/mol. The van der Waals surface area contributed by atoms with E-state index in [1.54, 1.807) is 0 Å². The molecule has 9 heavy (non-hydrogen) atoms. The van der Waals surface area contributed by atoms with Crippen molar-refractivity contribution in [3.8, 4) is 0 Å². The van der Waals surface area contributed by atoms with Gasteiger partial charge in [0, 0.05) is 0 Å². The molecule has 0 bridgehead atoms. The quantitative estimate of drug-likeness (QED) is 0.405. The van der Waals surface area contributed by atoms with Crippen LogP contribution in [0.2, 0.25) is 8.09 Å². The van der Waals surface area contributed by atoms with E-state index < -0.39 is 0 Å². The molecule has 0 aliphatic heterocycles. The molecule has 0 aliphatic rings. The van der Waals surface area contributed by atoms with E-state index in [9.17, 15) is 0 Å². The molecular weight excluding hydrogens is 120 g/mol. The zero-order valence-electron chi connectivity index (χ0n) is 7.07. The Balaban J connectivity index is 3.28. The second-order valence-electron chi connectivity index (χ2n) is 3.67. The minimum Gasteiger partial charge on any atom is -0.132 e. The van der Waals surface area contributed by atoms with E-state index in [-0.39, 0.29) is 20.4 Å². The Kier molecular flexibility index (Phi) is 4.59. The molecule has 0 amide bonds. The van der Waals surface area contributed by atoms with Crippen molar-refractivity contribution >= 4 is 20.4 Å². The maximum Gasteiger partial charge on any atom is 0.378 e. The van der Waals surface area contributed by atoms with Gasteiger partial charge in [0.25, 0.3) is 0 Å². The average molecular weight is 137 g/mol. The maximum absolute atomic E-state index is 2.34. The molecule has 0 radical (unpaired) electrons. The number of hydrogen-bond acceptors (Lipinski definition) is 0. The van der Waals surface area contributed by atoms with Crippen LogP contribution in [0.3, 0.4) is 0 Å². The van der Waals surface area contributed by atoms with E-state index in [2.05, 4.69) is 39.8 Å². The van der Waals surface area contributed by atoms with Crippen LogP contribution in [-0.4, -0.2) is 20.4 Å². The Bertz CT molecular complexity index is 87.2. The van der Waals surface area contributed by atoms with Crippen LogP contribution in [0.5, 0.6) is 0 Å². The van der Waals surface area contributed by atoms with Crippen LogP contribution in [0.1, 0.15) is 27.7 Å². The summed E-state index contributed by atoms with van der Waals surface area (Å²) in [5.41, 5.74) is 0. The van der Waals surface area contributed by atoms with Gasteiger partial charge in [0.1, 0.15) is 0 Å². The number of rotatable bonds is 2. The summed E-state index contributed by atoms with van der Waals surface area (Å²) in [5.74, 6) is 0. The van der Waals surface area contributed by atoms with Crippen molar-refractivity contribution in [3.05, 3.63) is 12.2 Å². The fraction of sp³-hybridized carbons (Fsp3) is 0.750. The molecule has 0 saturated carbocycles. The van der Waals surface area contributed by atoms with Crippen LogP contribution < -0.4 is 0 Å². The summed E-state index contributed by atoms with van der Waals surface area (Å²) in [6.07, 6.45) is 4.44. The molecule has 0 unspecified atom stereocenters. The van der Waals surface area contributed by atoms with Gasteiger partial charge < -0.3 is 0 Å². The van der Waals surface area contributed by atoms with Crippen LogP contribution in [0.15, 0.2) is 12.2 Å². The van der Waals surface area contributed by atoms with Gasteiger partial charge in [0.15, 0.2) is 0 Å². The second kappa shape index (κ2) is 4.34. The van der Waals surface area contributed by atoms with E-state index in [0.29, 0.717) is 3.54 Å². The van der Waals surface area contributed by atoms with Gasteiger partial charge in [-0.05, 0) is 6.92 Å². The summed E-state index contributed by atoms with van der Waals surface area (Å²) in [7, 11) is 0. The zero-order chi connectivity index (χ0) is 7.33. The Morgan fingerprint density at radius 2 is 1.89 bits per heavy atom. The van der Waals surface area contributed by atoms with E-state index in [1.165, 1.54) is 4.55 Å². The van der Waals surface area contributed by atoms with Crippen molar-refractivity contribution in [2.24, 2.45) is 0 Å². The van der Waals surface area contributed by atoms with Gasteiger partial charge in [-0.25, -0.2) is 0 Å². The summed E-state index contributed by atoms with van der Waals surface area (Å²) >= 11 is 0.152. The van der Waals surface area contributed by atoms with E-state index >= 15 is 0 Å². The first-order valence-corrected chi connectivity index (χ1v) is 5.38. The summed E-state index contributed by atoms with van der Waals surface area (Å²) in [5, 5.41) is 0. The Morgan fingerprint density at radius 3 is 2.22 bits per heavy atom. The van der Waals surface area contributed by atoms with Crippen LogP contribution in [0.25, 0.3) is 0 Å².